The van der Waals surface area contributed by atoms with Crippen molar-refractivity contribution in [3.63, 3.8) is 0 Å². The fraction of sp³-hybridized carbons (Fsp3) is 0.0204. The molecule has 0 spiro atoms. The van der Waals surface area contributed by atoms with E-state index in [4.69, 9.17) is 4.42 Å². The number of rotatable bonds is 3. The summed E-state index contributed by atoms with van der Waals surface area (Å²) in [4.78, 5) is 0. The highest BCUT2D eigenvalue weighted by Gasteiger charge is 2.23. The smallest absolute Gasteiger partial charge is 0.159 e. The maximum Gasteiger partial charge on any atom is 0.159 e. The van der Waals surface area contributed by atoms with Gasteiger partial charge in [0.15, 0.2) is 5.58 Å². The van der Waals surface area contributed by atoms with Crippen LogP contribution in [0.1, 0.15) is 11.1 Å². The molecule has 0 radical (unpaired) electrons. The molecule has 8 aromatic carbocycles. The number of hydrogen-bond donors (Lipinski definition) is 0. The monoisotopic (exact) mass is 662 g/mol. The van der Waals surface area contributed by atoms with Gasteiger partial charge in [0.05, 0.1) is 27.8 Å². The molecule has 3 heterocycles. The number of fused-ring (bicyclic) bond motifs is 12. The summed E-state index contributed by atoms with van der Waals surface area (Å²) in [6, 6.07) is 61.8. The van der Waals surface area contributed by atoms with Crippen molar-refractivity contribution in [2.75, 3.05) is 0 Å². The number of benzene rings is 8. The van der Waals surface area contributed by atoms with Crippen LogP contribution in [-0.2, 0) is 6.42 Å². The van der Waals surface area contributed by atoms with Gasteiger partial charge in [0.25, 0.3) is 0 Å². The van der Waals surface area contributed by atoms with Crippen molar-refractivity contribution in [3.8, 4) is 33.6 Å². The molecule has 0 aliphatic heterocycles. The first kappa shape index (κ1) is 27.9. The molecular weight excluding hydrogens is 633 g/mol. The highest BCUT2D eigenvalue weighted by Crippen LogP contribution is 2.44. The molecule has 0 fully saturated rings. The van der Waals surface area contributed by atoms with E-state index >= 15 is 0 Å². The molecule has 1 aliphatic rings. The van der Waals surface area contributed by atoms with E-state index in [0.717, 1.165) is 39.7 Å². The number of furan rings is 1. The Labute approximate surface area is 299 Å². The maximum atomic E-state index is 6.80. The number of nitrogens with zero attached hydrogens (tertiary/aromatic N) is 2. The first-order valence-corrected chi connectivity index (χ1v) is 18.0. The fourth-order valence-electron chi connectivity index (χ4n) is 9.12. The normalized spacial score (nSPS) is 12.5. The van der Waals surface area contributed by atoms with Crippen LogP contribution in [-0.4, -0.2) is 9.13 Å². The third-order valence-electron chi connectivity index (χ3n) is 11.4. The zero-order valence-electron chi connectivity index (χ0n) is 28.2. The summed E-state index contributed by atoms with van der Waals surface area (Å²) in [7, 11) is 0. The average Bonchev–Trinajstić information content (AvgIpc) is 3.95. The van der Waals surface area contributed by atoms with Crippen LogP contribution in [0.3, 0.4) is 0 Å². The summed E-state index contributed by atoms with van der Waals surface area (Å²) in [5.74, 6) is 0. The Balaban J connectivity index is 1.05. The van der Waals surface area contributed by atoms with E-state index in [-0.39, 0.29) is 0 Å². The minimum Gasteiger partial charge on any atom is -0.454 e. The molecule has 1 aliphatic carbocycles. The van der Waals surface area contributed by atoms with Crippen LogP contribution in [0.5, 0.6) is 0 Å². The molecule has 52 heavy (non-hydrogen) atoms. The van der Waals surface area contributed by atoms with Crippen LogP contribution in [0.4, 0.5) is 0 Å². The van der Waals surface area contributed by atoms with E-state index in [2.05, 4.69) is 179 Å². The fourth-order valence-corrected chi connectivity index (χ4v) is 9.12. The van der Waals surface area contributed by atoms with Gasteiger partial charge in [-0.1, -0.05) is 115 Å². The predicted octanol–water partition coefficient (Wildman–Crippen LogP) is 13.0. The van der Waals surface area contributed by atoms with Crippen molar-refractivity contribution < 1.29 is 4.42 Å². The topological polar surface area (TPSA) is 23.0 Å². The SMILES string of the molecule is c1ccc2c(c1)Cc1c(-c3ccc4c(c3)c3ccccc3n4-c3cccc4c3oc3ccc(-n5c6ccccc6c6ccccc65)cc34)cccc1-2. The second-order valence-electron chi connectivity index (χ2n) is 14.1. The van der Waals surface area contributed by atoms with Crippen LogP contribution < -0.4 is 0 Å². The molecule has 0 N–H and O–H groups in total. The van der Waals surface area contributed by atoms with Crippen molar-refractivity contribution >= 4 is 65.6 Å². The van der Waals surface area contributed by atoms with Gasteiger partial charge in [0, 0.05) is 38.0 Å². The molecule has 0 saturated carbocycles. The summed E-state index contributed by atoms with van der Waals surface area (Å²) >= 11 is 0. The molecule has 242 valence electrons. The lowest BCUT2D eigenvalue weighted by atomic mass is 9.94. The molecule has 11 aromatic rings. The van der Waals surface area contributed by atoms with Crippen molar-refractivity contribution in [1.29, 1.82) is 0 Å². The van der Waals surface area contributed by atoms with Gasteiger partial charge in [-0.3, -0.25) is 0 Å². The molecule has 3 nitrogen and oxygen atoms in total. The third kappa shape index (κ3) is 3.74. The molecule has 0 saturated heterocycles. The van der Waals surface area contributed by atoms with E-state index in [1.165, 1.54) is 77.0 Å². The van der Waals surface area contributed by atoms with Crippen molar-refractivity contribution in [2.24, 2.45) is 0 Å². The second kappa shape index (κ2) is 10.3. The Morgan fingerprint density at radius 3 is 1.83 bits per heavy atom. The van der Waals surface area contributed by atoms with E-state index in [1.54, 1.807) is 0 Å². The number of para-hydroxylation sites is 4. The molecule has 3 heteroatoms. The Bertz CT molecular complexity index is 3230. The molecule has 0 bridgehead atoms. The minimum atomic E-state index is 0.883. The van der Waals surface area contributed by atoms with Crippen LogP contribution >= 0.6 is 0 Å². The molecule has 0 unspecified atom stereocenters. The Morgan fingerprint density at radius 1 is 0.404 bits per heavy atom. The standard InChI is InChI=1S/C49H30N2O/c1-2-12-33-30(11-1)27-40-34(16-9-17-35(33)40)31-23-25-46-41(28-31)38-15-5-8-21-45(38)51(46)47-22-10-18-39-42-29-32(24-26-48(42)52-49(39)47)50-43-19-6-3-13-36(43)37-14-4-7-20-44(37)50/h1-26,28-29H,27H2. The van der Waals surface area contributed by atoms with Gasteiger partial charge < -0.3 is 13.6 Å². The van der Waals surface area contributed by atoms with Gasteiger partial charge in [0.2, 0.25) is 0 Å². The lowest BCUT2D eigenvalue weighted by Crippen LogP contribution is -1.94. The molecule has 0 amide bonds. The van der Waals surface area contributed by atoms with Crippen LogP contribution in [0.25, 0.3) is 99.2 Å². The number of hydrogen-bond acceptors (Lipinski definition) is 1. The summed E-state index contributed by atoms with van der Waals surface area (Å²) < 4.78 is 11.6. The van der Waals surface area contributed by atoms with Gasteiger partial charge in [-0.25, -0.2) is 0 Å². The lowest BCUT2D eigenvalue weighted by Gasteiger charge is -2.11. The Kier molecular flexibility index (Phi) is 5.56. The summed E-state index contributed by atoms with van der Waals surface area (Å²) in [6.45, 7) is 0. The van der Waals surface area contributed by atoms with Crippen LogP contribution in [0, 0.1) is 0 Å². The van der Waals surface area contributed by atoms with Gasteiger partial charge in [-0.2, -0.15) is 0 Å². The predicted molar refractivity (Wildman–Crippen MR) is 216 cm³/mol. The molecule has 3 aromatic heterocycles. The zero-order valence-corrected chi connectivity index (χ0v) is 28.2. The zero-order chi connectivity index (χ0) is 33.9. The average molecular weight is 663 g/mol. The van der Waals surface area contributed by atoms with Gasteiger partial charge in [-0.15, -0.1) is 0 Å². The van der Waals surface area contributed by atoms with Gasteiger partial charge >= 0.3 is 0 Å². The molecule has 12 rings (SSSR count). The van der Waals surface area contributed by atoms with E-state index in [1.807, 2.05) is 0 Å². The maximum absolute atomic E-state index is 6.80. The van der Waals surface area contributed by atoms with Crippen LogP contribution in [0.2, 0.25) is 0 Å². The Hall–Kier alpha value is -6.84. The summed E-state index contributed by atoms with van der Waals surface area (Å²) in [6.07, 6.45) is 0.966. The van der Waals surface area contributed by atoms with E-state index in [9.17, 15) is 0 Å². The van der Waals surface area contributed by atoms with Gasteiger partial charge in [0.1, 0.15) is 5.58 Å². The quantitative estimate of drug-likeness (QED) is 0.185. The Morgan fingerprint density at radius 2 is 1.02 bits per heavy atom. The minimum absolute atomic E-state index is 0.883. The van der Waals surface area contributed by atoms with Crippen molar-refractivity contribution in [1.82, 2.24) is 9.13 Å². The summed E-state index contributed by atoms with van der Waals surface area (Å²) in [5, 5.41) is 7.21. The van der Waals surface area contributed by atoms with Crippen LogP contribution in [0.15, 0.2) is 174 Å². The second-order valence-corrected chi connectivity index (χ2v) is 14.1. The first-order valence-electron chi connectivity index (χ1n) is 18.0. The van der Waals surface area contributed by atoms with Crippen molar-refractivity contribution in [2.45, 2.75) is 6.42 Å². The van der Waals surface area contributed by atoms with Crippen molar-refractivity contribution in [3.05, 3.63) is 181 Å². The lowest BCUT2D eigenvalue weighted by molar-refractivity contribution is 0.666. The molecular formula is C49H30N2O. The van der Waals surface area contributed by atoms with E-state index < -0.39 is 0 Å². The highest BCUT2D eigenvalue weighted by atomic mass is 16.3. The third-order valence-corrected chi connectivity index (χ3v) is 11.4. The van der Waals surface area contributed by atoms with Gasteiger partial charge in [-0.05, 0) is 94.4 Å². The first-order chi connectivity index (χ1) is 25.8. The number of aromatic nitrogens is 2. The highest BCUT2D eigenvalue weighted by molar-refractivity contribution is 6.14. The molecule has 0 atom stereocenters. The summed E-state index contributed by atoms with van der Waals surface area (Å²) in [5.41, 5.74) is 16.8. The largest absolute Gasteiger partial charge is 0.454 e. The van der Waals surface area contributed by atoms with E-state index in [0.29, 0.717) is 0 Å².